The van der Waals surface area contributed by atoms with Gasteiger partial charge in [-0.3, -0.25) is 14.4 Å². The average molecular weight is 456 g/mol. The number of benzene rings is 2. The first-order valence-electron chi connectivity index (χ1n) is 11.0. The monoisotopic (exact) mass is 456 g/mol. The Kier molecular flexibility index (Phi) is 5.46. The molecule has 1 saturated heterocycles. The number of halogens is 1. The Labute approximate surface area is 195 Å². The molecular weight excluding hydrogens is 435 g/mol. The molecule has 2 aromatic carbocycles. The Bertz CT molecular complexity index is 1370. The number of carbonyl (C=O) groups is 2. The van der Waals surface area contributed by atoms with Crippen molar-refractivity contribution in [3.63, 3.8) is 0 Å². The number of amides is 2. The van der Waals surface area contributed by atoms with Crippen LogP contribution in [0.25, 0.3) is 0 Å². The zero-order valence-electron chi connectivity index (χ0n) is 18.2. The summed E-state index contributed by atoms with van der Waals surface area (Å²) in [7, 11) is 0. The highest BCUT2D eigenvalue weighted by molar-refractivity contribution is 6.04. The van der Waals surface area contributed by atoms with E-state index >= 15 is 0 Å². The second-order valence-electron chi connectivity index (χ2n) is 8.75. The molecule has 3 aromatic rings. The minimum atomic E-state index is -0.422. The van der Waals surface area contributed by atoms with Crippen LogP contribution in [0.3, 0.4) is 0 Å². The number of nitrogens with zero attached hydrogens (tertiary/aromatic N) is 3. The van der Waals surface area contributed by atoms with Crippen LogP contribution in [0.5, 0.6) is 0 Å². The number of hydrogen-bond donors (Lipinski definition) is 1. The van der Waals surface area contributed by atoms with Crippen LogP contribution in [0.15, 0.2) is 65.5 Å². The molecule has 2 amide bonds. The Morgan fingerprint density at radius 1 is 0.941 bits per heavy atom. The number of hydrogen-bond acceptors (Lipinski definition) is 4. The lowest BCUT2D eigenvalue weighted by Gasteiger charge is -2.43. The van der Waals surface area contributed by atoms with Gasteiger partial charge in [0.05, 0.1) is 11.6 Å². The number of piperidine rings is 1. The summed E-state index contributed by atoms with van der Waals surface area (Å²) >= 11 is 0. The minimum Gasteiger partial charge on any atom is -0.338 e. The molecule has 0 aliphatic carbocycles. The molecule has 2 atom stereocenters. The average Bonchev–Trinajstić information content (AvgIpc) is 2.86. The standard InChI is InChI=1S/C26H21FN4O3/c27-21-7-5-19(6-8-21)25(33)30-13-17-11-20(15-30)23-10-9-22(26(34)31(23)14-17)29-24(32)18-3-1-16(12-28)2-4-18/h1-10,17,20H,11,13-15H2,(H,29,32)/t17-,20+/m0/s1. The molecule has 2 aliphatic rings. The van der Waals surface area contributed by atoms with E-state index in [0.717, 1.165) is 12.1 Å². The topological polar surface area (TPSA) is 95.2 Å². The normalized spacial score (nSPS) is 18.5. The number of anilines is 1. The second kappa shape index (κ2) is 8.60. The zero-order chi connectivity index (χ0) is 23.8. The summed E-state index contributed by atoms with van der Waals surface area (Å²) in [6, 6.07) is 17.2. The number of likely N-dealkylation sites (tertiary alicyclic amines) is 1. The van der Waals surface area contributed by atoms with Gasteiger partial charge in [0.25, 0.3) is 17.4 Å². The van der Waals surface area contributed by atoms with Crippen molar-refractivity contribution in [2.24, 2.45) is 5.92 Å². The van der Waals surface area contributed by atoms with Crippen LogP contribution in [0.2, 0.25) is 0 Å². The van der Waals surface area contributed by atoms with Crippen molar-refractivity contribution in [1.82, 2.24) is 9.47 Å². The van der Waals surface area contributed by atoms with E-state index in [4.69, 9.17) is 5.26 Å². The summed E-state index contributed by atoms with van der Waals surface area (Å²) in [5.41, 5.74) is 2.01. The molecule has 5 rings (SSSR count). The number of fused-ring (bicyclic) bond motifs is 4. The number of nitriles is 1. The third-order valence-electron chi connectivity index (χ3n) is 6.51. The fourth-order valence-corrected chi connectivity index (χ4v) is 4.87. The maximum atomic E-state index is 13.2. The smallest absolute Gasteiger partial charge is 0.274 e. The van der Waals surface area contributed by atoms with E-state index in [1.807, 2.05) is 12.1 Å². The lowest BCUT2D eigenvalue weighted by atomic mass is 9.83. The van der Waals surface area contributed by atoms with Crippen LogP contribution in [-0.2, 0) is 6.54 Å². The van der Waals surface area contributed by atoms with Gasteiger partial charge in [0.1, 0.15) is 11.5 Å². The largest absolute Gasteiger partial charge is 0.338 e. The number of carbonyl (C=O) groups excluding carboxylic acids is 2. The fourth-order valence-electron chi connectivity index (χ4n) is 4.87. The molecule has 0 radical (unpaired) electrons. The highest BCUT2D eigenvalue weighted by atomic mass is 19.1. The third kappa shape index (κ3) is 3.97. The number of pyridine rings is 1. The van der Waals surface area contributed by atoms with Crippen LogP contribution in [-0.4, -0.2) is 34.4 Å². The van der Waals surface area contributed by atoms with E-state index in [0.29, 0.717) is 36.3 Å². The number of aromatic nitrogens is 1. The molecule has 34 heavy (non-hydrogen) atoms. The molecule has 1 aromatic heterocycles. The molecule has 170 valence electrons. The number of nitrogens with one attached hydrogen (secondary N) is 1. The van der Waals surface area contributed by atoms with E-state index in [9.17, 15) is 18.8 Å². The summed E-state index contributed by atoms with van der Waals surface area (Å²) in [5, 5.41) is 11.6. The van der Waals surface area contributed by atoms with Gasteiger partial charge >= 0.3 is 0 Å². The van der Waals surface area contributed by atoms with E-state index in [1.54, 1.807) is 39.8 Å². The van der Waals surface area contributed by atoms with Gasteiger partial charge in [0.15, 0.2) is 0 Å². The molecule has 0 unspecified atom stereocenters. The van der Waals surface area contributed by atoms with Gasteiger partial charge in [-0.25, -0.2) is 4.39 Å². The van der Waals surface area contributed by atoms with Gasteiger partial charge in [-0.2, -0.15) is 5.26 Å². The Balaban J connectivity index is 1.36. The van der Waals surface area contributed by atoms with Crippen molar-refractivity contribution < 1.29 is 14.0 Å². The molecule has 7 nitrogen and oxygen atoms in total. The molecule has 0 saturated carbocycles. The van der Waals surface area contributed by atoms with E-state index < -0.39 is 5.91 Å². The molecule has 1 N–H and O–H groups in total. The first kappa shape index (κ1) is 21.6. The summed E-state index contributed by atoms with van der Waals surface area (Å²) < 4.78 is 14.9. The molecular formula is C26H21FN4O3. The van der Waals surface area contributed by atoms with E-state index in [-0.39, 0.29) is 34.8 Å². The fraction of sp³-hybridized carbons (Fsp3) is 0.231. The van der Waals surface area contributed by atoms with Gasteiger partial charge in [-0.1, -0.05) is 0 Å². The molecule has 1 fully saturated rings. The molecule has 2 bridgehead atoms. The highest BCUT2D eigenvalue weighted by Gasteiger charge is 2.37. The molecule has 2 aliphatic heterocycles. The maximum Gasteiger partial charge on any atom is 0.274 e. The SMILES string of the molecule is N#Cc1ccc(C(=O)Nc2ccc3n(c2=O)C[C@H]2C[C@@H]3CN(C(=O)c3ccc(F)cc3)C2)cc1. The first-order valence-corrected chi connectivity index (χ1v) is 11.0. The molecule has 8 heteroatoms. The third-order valence-corrected chi connectivity index (χ3v) is 6.51. The Morgan fingerprint density at radius 3 is 2.35 bits per heavy atom. The molecule has 3 heterocycles. The quantitative estimate of drug-likeness (QED) is 0.654. The maximum absolute atomic E-state index is 13.2. The van der Waals surface area contributed by atoms with Crippen molar-refractivity contribution in [3.05, 3.63) is 99.2 Å². The van der Waals surface area contributed by atoms with Crippen LogP contribution in [0, 0.1) is 23.1 Å². The van der Waals surface area contributed by atoms with Crippen molar-refractivity contribution in [3.8, 4) is 6.07 Å². The first-order chi connectivity index (χ1) is 16.4. The Morgan fingerprint density at radius 2 is 1.65 bits per heavy atom. The highest BCUT2D eigenvalue weighted by Crippen LogP contribution is 2.36. The van der Waals surface area contributed by atoms with E-state index in [1.165, 1.54) is 24.3 Å². The van der Waals surface area contributed by atoms with Gasteiger partial charge in [-0.15, -0.1) is 0 Å². The van der Waals surface area contributed by atoms with Gasteiger partial charge < -0.3 is 14.8 Å². The summed E-state index contributed by atoms with van der Waals surface area (Å²) in [6.45, 7) is 1.45. The summed E-state index contributed by atoms with van der Waals surface area (Å²) in [4.78, 5) is 40.5. The minimum absolute atomic E-state index is 0.00729. The lowest BCUT2D eigenvalue weighted by Crippen LogP contribution is -2.49. The molecule has 0 spiro atoms. The van der Waals surface area contributed by atoms with Crippen molar-refractivity contribution in [2.45, 2.75) is 18.9 Å². The van der Waals surface area contributed by atoms with Gasteiger partial charge in [0, 0.05) is 42.4 Å². The van der Waals surface area contributed by atoms with E-state index in [2.05, 4.69) is 5.32 Å². The predicted molar refractivity (Wildman–Crippen MR) is 123 cm³/mol. The van der Waals surface area contributed by atoms with Crippen LogP contribution in [0.4, 0.5) is 10.1 Å². The lowest BCUT2D eigenvalue weighted by molar-refractivity contribution is 0.0594. The van der Waals surface area contributed by atoms with Crippen LogP contribution < -0.4 is 10.9 Å². The van der Waals surface area contributed by atoms with Crippen molar-refractivity contribution in [2.75, 3.05) is 18.4 Å². The van der Waals surface area contributed by atoms with Crippen LogP contribution in [0.1, 0.15) is 44.3 Å². The predicted octanol–water partition coefficient (Wildman–Crippen LogP) is 3.37. The summed E-state index contributed by atoms with van der Waals surface area (Å²) in [5.74, 6) is -0.834. The zero-order valence-corrected chi connectivity index (χ0v) is 18.2. The summed E-state index contributed by atoms with van der Waals surface area (Å²) in [6.07, 6.45) is 0.879. The van der Waals surface area contributed by atoms with Crippen molar-refractivity contribution >= 4 is 17.5 Å². The van der Waals surface area contributed by atoms with Gasteiger partial charge in [-0.05, 0) is 73.0 Å². The van der Waals surface area contributed by atoms with Crippen LogP contribution >= 0.6 is 0 Å². The second-order valence-corrected chi connectivity index (χ2v) is 8.75. The van der Waals surface area contributed by atoms with Gasteiger partial charge in [0.2, 0.25) is 0 Å². The number of rotatable bonds is 3. The van der Waals surface area contributed by atoms with Crippen molar-refractivity contribution in [1.29, 1.82) is 5.26 Å². The Hall–Kier alpha value is -4.25.